The fourth-order valence-corrected chi connectivity index (χ4v) is 2.76. The van der Waals surface area contributed by atoms with Crippen molar-refractivity contribution in [3.8, 4) is 11.5 Å². The van der Waals surface area contributed by atoms with Gasteiger partial charge in [0.1, 0.15) is 18.1 Å². The number of Topliss-reactive ketones (excluding diaryl/α,β-unsaturated/α-hetero) is 1. The highest BCUT2D eigenvalue weighted by atomic mass is 16.5. The van der Waals surface area contributed by atoms with E-state index in [2.05, 4.69) is 0 Å². The number of hydrogen-bond acceptors (Lipinski definition) is 3. The Hall–Kier alpha value is -2.29. The minimum absolute atomic E-state index is 0.221. The first kappa shape index (κ1) is 13.7. The van der Waals surface area contributed by atoms with Gasteiger partial charge in [0.25, 0.3) is 0 Å². The molecule has 3 nitrogen and oxygen atoms in total. The first-order valence-corrected chi connectivity index (χ1v) is 7.19. The molecular formula is C18H18O3. The van der Waals surface area contributed by atoms with Crippen LogP contribution in [0.4, 0.5) is 0 Å². The summed E-state index contributed by atoms with van der Waals surface area (Å²) >= 11 is 0. The molecule has 0 atom stereocenters. The molecule has 3 heteroatoms. The van der Waals surface area contributed by atoms with Crippen LogP contribution in [0.2, 0.25) is 0 Å². The van der Waals surface area contributed by atoms with Gasteiger partial charge in [0.2, 0.25) is 0 Å². The molecule has 3 rings (SSSR count). The van der Waals surface area contributed by atoms with Gasteiger partial charge in [-0.2, -0.15) is 0 Å². The summed E-state index contributed by atoms with van der Waals surface area (Å²) in [5, 5.41) is 0. The average molecular weight is 282 g/mol. The summed E-state index contributed by atoms with van der Waals surface area (Å²) in [5.41, 5.74) is 2.86. The highest BCUT2D eigenvalue weighted by Gasteiger charge is 2.20. The van der Waals surface area contributed by atoms with Crippen LogP contribution in [0.25, 0.3) is 0 Å². The van der Waals surface area contributed by atoms with Crippen molar-refractivity contribution in [2.75, 3.05) is 7.11 Å². The molecule has 0 unspecified atom stereocenters. The van der Waals surface area contributed by atoms with Gasteiger partial charge in [-0.3, -0.25) is 4.79 Å². The van der Waals surface area contributed by atoms with E-state index in [0.717, 1.165) is 41.0 Å². The Morgan fingerprint density at radius 1 is 1.00 bits per heavy atom. The lowest BCUT2D eigenvalue weighted by Crippen LogP contribution is -2.12. The highest BCUT2D eigenvalue weighted by Crippen LogP contribution is 2.30. The van der Waals surface area contributed by atoms with Crippen LogP contribution >= 0.6 is 0 Å². The predicted molar refractivity (Wildman–Crippen MR) is 81.0 cm³/mol. The maximum Gasteiger partial charge on any atom is 0.163 e. The maximum atomic E-state index is 11.9. The van der Waals surface area contributed by atoms with Crippen LogP contribution in [0.1, 0.15) is 34.3 Å². The van der Waals surface area contributed by atoms with E-state index in [0.29, 0.717) is 13.0 Å². The number of ketones is 1. The van der Waals surface area contributed by atoms with E-state index in [9.17, 15) is 4.79 Å². The minimum Gasteiger partial charge on any atom is -0.496 e. The number of carbonyl (C=O) groups is 1. The molecule has 0 heterocycles. The van der Waals surface area contributed by atoms with Crippen molar-refractivity contribution in [1.29, 1.82) is 0 Å². The average Bonchev–Trinajstić information content (AvgIpc) is 2.53. The lowest BCUT2D eigenvalue weighted by Gasteiger charge is -2.19. The minimum atomic E-state index is 0.221. The normalized spacial score (nSPS) is 13.7. The van der Waals surface area contributed by atoms with Crippen molar-refractivity contribution in [3.05, 3.63) is 59.2 Å². The second kappa shape index (κ2) is 6.00. The van der Waals surface area contributed by atoms with E-state index in [1.54, 1.807) is 7.11 Å². The molecular weight excluding hydrogens is 264 g/mol. The van der Waals surface area contributed by atoms with Gasteiger partial charge in [0, 0.05) is 23.1 Å². The van der Waals surface area contributed by atoms with Gasteiger partial charge < -0.3 is 9.47 Å². The van der Waals surface area contributed by atoms with Gasteiger partial charge >= 0.3 is 0 Å². The number of fused-ring (bicyclic) bond motifs is 1. The van der Waals surface area contributed by atoms with Crippen molar-refractivity contribution >= 4 is 5.78 Å². The molecule has 21 heavy (non-hydrogen) atoms. The predicted octanol–water partition coefficient (Wildman–Crippen LogP) is 3.79. The Kier molecular flexibility index (Phi) is 3.91. The van der Waals surface area contributed by atoms with Crippen LogP contribution in [-0.4, -0.2) is 12.9 Å². The van der Waals surface area contributed by atoms with Crippen LogP contribution in [0.15, 0.2) is 42.5 Å². The molecule has 0 saturated heterocycles. The van der Waals surface area contributed by atoms with E-state index >= 15 is 0 Å². The molecule has 108 valence electrons. The Balaban J connectivity index is 1.83. The smallest absolute Gasteiger partial charge is 0.163 e. The molecule has 1 aliphatic rings. The molecule has 0 aromatic heterocycles. The summed E-state index contributed by atoms with van der Waals surface area (Å²) in [6.45, 7) is 0.439. The Labute approximate surface area is 124 Å². The number of hydrogen-bond donors (Lipinski definition) is 0. The summed E-state index contributed by atoms with van der Waals surface area (Å²) in [5.74, 6) is 1.85. The van der Waals surface area contributed by atoms with Gasteiger partial charge in [0.05, 0.1) is 7.11 Å². The Bertz CT molecular complexity index is 661. The van der Waals surface area contributed by atoms with Gasteiger partial charge in [-0.25, -0.2) is 0 Å². The van der Waals surface area contributed by atoms with Crippen LogP contribution in [0, 0.1) is 0 Å². The lowest BCUT2D eigenvalue weighted by atomic mass is 9.90. The summed E-state index contributed by atoms with van der Waals surface area (Å²) in [7, 11) is 1.65. The lowest BCUT2D eigenvalue weighted by molar-refractivity contribution is 0.0971. The molecule has 0 aliphatic heterocycles. The van der Waals surface area contributed by atoms with Crippen molar-refractivity contribution < 1.29 is 14.3 Å². The molecule has 2 aromatic rings. The molecule has 0 spiro atoms. The van der Waals surface area contributed by atoms with E-state index in [1.165, 1.54) is 0 Å². The van der Waals surface area contributed by atoms with Crippen molar-refractivity contribution in [1.82, 2.24) is 0 Å². The zero-order valence-electron chi connectivity index (χ0n) is 12.1. The Morgan fingerprint density at radius 3 is 2.67 bits per heavy atom. The maximum absolute atomic E-state index is 11.9. The molecule has 0 radical (unpaired) electrons. The van der Waals surface area contributed by atoms with Gasteiger partial charge in [0.15, 0.2) is 5.78 Å². The SMILES string of the molecule is COc1ccccc1COc1cccc2c1CCCC2=O. The first-order chi connectivity index (χ1) is 10.3. The summed E-state index contributed by atoms with van der Waals surface area (Å²) in [6.07, 6.45) is 2.45. The molecule has 0 amide bonds. The molecule has 0 N–H and O–H groups in total. The number of benzene rings is 2. The van der Waals surface area contributed by atoms with Crippen molar-refractivity contribution in [3.63, 3.8) is 0 Å². The molecule has 2 aromatic carbocycles. The van der Waals surface area contributed by atoms with Gasteiger partial charge in [-0.05, 0) is 25.0 Å². The van der Waals surface area contributed by atoms with Crippen molar-refractivity contribution in [2.24, 2.45) is 0 Å². The van der Waals surface area contributed by atoms with E-state index in [4.69, 9.17) is 9.47 Å². The van der Waals surface area contributed by atoms with Crippen LogP contribution < -0.4 is 9.47 Å². The topological polar surface area (TPSA) is 35.5 Å². The second-order valence-corrected chi connectivity index (χ2v) is 5.16. The number of rotatable bonds is 4. The number of carbonyl (C=O) groups excluding carboxylic acids is 1. The largest absolute Gasteiger partial charge is 0.496 e. The zero-order valence-corrected chi connectivity index (χ0v) is 12.1. The van der Waals surface area contributed by atoms with Crippen molar-refractivity contribution in [2.45, 2.75) is 25.9 Å². The molecule has 0 fully saturated rings. The third-order valence-corrected chi connectivity index (χ3v) is 3.84. The van der Waals surface area contributed by atoms with Crippen LogP contribution in [-0.2, 0) is 13.0 Å². The van der Waals surface area contributed by atoms with Gasteiger partial charge in [-0.1, -0.05) is 30.3 Å². The van der Waals surface area contributed by atoms with Gasteiger partial charge in [-0.15, -0.1) is 0 Å². The van der Waals surface area contributed by atoms with E-state index in [-0.39, 0.29) is 5.78 Å². The standard InChI is InChI=1S/C18H18O3/c1-20-17-10-3-2-6-13(17)12-21-18-11-5-7-14-15(18)8-4-9-16(14)19/h2-3,5-7,10-11H,4,8-9,12H2,1H3. The summed E-state index contributed by atoms with van der Waals surface area (Å²) < 4.78 is 11.3. The summed E-state index contributed by atoms with van der Waals surface area (Å²) in [6, 6.07) is 13.5. The first-order valence-electron chi connectivity index (χ1n) is 7.19. The molecule has 1 aliphatic carbocycles. The third kappa shape index (κ3) is 2.77. The van der Waals surface area contributed by atoms with Crippen LogP contribution in [0.5, 0.6) is 11.5 Å². The Morgan fingerprint density at radius 2 is 1.81 bits per heavy atom. The quantitative estimate of drug-likeness (QED) is 0.855. The summed E-state index contributed by atoms with van der Waals surface area (Å²) in [4.78, 5) is 11.9. The van der Waals surface area contributed by atoms with Crippen LogP contribution in [0.3, 0.4) is 0 Å². The van der Waals surface area contributed by atoms with E-state index in [1.807, 2.05) is 42.5 Å². The molecule has 0 saturated carbocycles. The monoisotopic (exact) mass is 282 g/mol. The second-order valence-electron chi connectivity index (χ2n) is 5.16. The number of ether oxygens (including phenoxy) is 2. The number of para-hydroxylation sites is 1. The fourth-order valence-electron chi connectivity index (χ4n) is 2.76. The fraction of sp³-hybridized carbons (Fsp3) is 0.278. The highest BCUT2D eigenvalue weighted by molar-refractivity contribution is 5.99. The third-order valence-electron chi connectivity index (χ3n) is 3.84. The zero-order chi connectivity index (χ0) is 14.7. The number of methoxy groups -OCH3 is 1. The van der Waals surface area contributed by atoms with E-state index < -0.39 is 0 Å². The molecule has 0 bridgehead atoms.